The predicted molar refractivity (Wildman–Crippen MR) is 96.4 cm³/mol. The Hall–Kier alpha value is -2.77. The zero-order chi connectivity index (χ0) is 18.5. The fraction of sp³-hybridized carbons (Fsp3) is 0.316. The number of amides is 1. The summed E-state index contributed by atoms with van der Waals surface area (Å²) in [5.41, 5.74) is 1.35. The standard InChI is InChI=1S/C19H21N3O4/c23-17(13-6-10-16(11-7-13)22(25)26)12-20-18(14-4-2-1-3-5-14)19(24)21-15-8-9-15/h1-7,10-11,15,17-18,20,23H,8-9,12H2,(H,21,24)/t17-,18-/m1/s1. The molecule has 0 aliphatic heterocycles. The monoisotopic (exact) mass is 355 g/mol. The molecule has 0 spiro atoms. The van der Waals surface area contributed by atoms with Gasteiger partial charge in [-0.1, -0.05) is 30.3 Å². The van der Waals surface area contributed by atoms with Gasteiger partial charge in [-0.25, -0.2) is 0 Å². The van der Waals surface area contributed by atoms with Crippen molar-refractivity contribution >= 4 is 11.6 Å². The number of non-ortho nitro benzene ring substituents is 1. The molecule has 136 valence electrons. The Kier molecular flexibility index (Phi) is 5.60. The van der Waals surface area contributed by atoms with Crippen molar-refractivity contribution in [3.05, 3.63) is 75.8 Å². The van der Waals surface area contributed by atoms with Crippen molar-refractivity contribution in [2.45, 2.75) is 31.0 Å². The van der Waals surface area contributed by atoms with Crippen molar-refractivity contribution in [3.8, 4) is 0 Å². The maximum Gasteiger partial charge on any atom is 0.269 e. The molecular weight excluding hydrogens is 334 g/mol. The highest BCUT2D eigenvalue weighted by Gasteiger charge is 2.28. The third kappa shape index (κ3) is 4.65. The van der Waals surface area contributed by atoms with Crippen LogP contribution in [0.1, 0.15) is 36.1 Å². The average molecular weight is 355 g/mol. The predicted octanol–water partition coefficient (Wildman–Crippen LogP) is 2.24. The Morgan fingerprint density at radius 2 is 1.77 bits per heavy atom. The summed E-state index contributed by atoms with van der Waals surface area (Å²) < 4.78 is 0. The van der Waals surface area contributed by atoms with Gasteiger partial charge in [0, 0.05) is 24.7 Å². The highest BCUT2D eigenvalue weighted by atomic mass is 16.6. The summed E-state index contributed by atoms with van der Waals surface area (Å²) >= 11 is 0. The quantitative estimate of drug-likeness (QED) is 0.497. The number of carbonyl (C=O) groups excluding carboxylic acids is 1. The molecule has 3 N–H and O–H groups in total. The number of carbonyl (C=O) groups is 1. The first-order valence-corrected chi connectivity index (χ1v) is 8.55. The van der Waals surface area contributed by atoms with E-state index in [9.17, 15) is 20.0 Å². The van der Waals surface area contributed by atoms with Crippen LogP contribution in [-0.4, -0.2) is 28.5 Å². The summed E-state index contributed by atoms with van der Waals surface area (Å²) in [6.07, 6.45) is 1.12. The van der Waals surface area contributed by atoms with Crippen molar-refractivity contribution in [3.63, 3.8) is 0 Å². The van der Waals surface area contributed by atoms with E-state index in [2.05, 4.69) is 10.6 Å². The van der Waals surface area contributed by atoms with Crippen molar-refractivity contribution in [1.29, 1.82) is 0 Å². The minimum absolute atomic E-state index is 0.0279. The van der Waals surface area contributed by atoms with E-state index in [1.54, 1.807) is 0 Å². The highest BCUT2D eigenvalue weighted by molar-refractivity contribution is 5.83. The molecule has 26 heavy (non-hydrogen) atoms. The number of nitro groups is 1. The molecule has 0 aromatic heterocycles. The van der Waals surface area contributed by atoms with Crippen LogP contribution in [-0.2, 0) is 4.79 Å². The first-order valence-electron chi connectivity index (χ1n) is 8.55. The molecule has 1 aliphatic carbocycles. The molecule has 0 heterocycles. The second-order valence-corrected chi connectivity index (χ2v) is 6.40. The number of benzene rings is 2. The number of rotatable bonds is 8. The molecule has 7 heteroatoms. The molecule has 2 atom stereocenters. The van der Waals surface area contributed by atoms with Crippen molar-refractivity contribution in [2.24, 2.45) is 0 Å². The number of hydrogen-bond donors (Lipinski definition) is 3. The lowest BCUT2D eigenvalue weighted by molar-refractivity contribution is -0.384. The van der Waals surface area contributed by atoms with Crippen LogP contribution in [0.3, 0.4) is 0 Å². The molecule has 0 bridgehead atoms. The molecule has 0 unspecified atom stereocenters. The lowest BCUT2D eigenvalue weighted by Crippen LogP contribution is -2.40. The number of aliphatic hydroxyl groups excluding tert-OH is 1. The van der Waals surface area contributed by atoms with Crippen LogP contribution in [0.2, 0.25) is 0 Å². The third-order valence-corrected chi connectivity index (χ3v) is 4.32. The maximum absolute atomic E-state index is 12.5. The zero-order valence-corrected chi connectivity index (χ0v) is 14.2. The molecule has 0 saturated heterocycles. The van der Waals surface area contributed by atoms with E-state index in [1.807, 2.05) is 30.3 Å². The van der Waals surface area contributed by atoms with E-state index in [0.29, 0.717) is 5.56 Å². The minimum Gasteiger partial charge on any atom is -0.387 e. The van der Waals surface area contributed by atoms with Crippen LogP contribution >= 0.6 is 0 Å². The molecule has 1 fully saturated rings. The van der Waals surface area contributed by atoms with Gasteiger partial charge in [0.1, 0.15) is 6.04 Å². The molecule has 2 aromatic carbocycles. The molecule has 0 radical (unpaired) electrons. The Balaban J connectivity index is 1.66. The fourth-order valence-corrected chi connectivity index (χ4v) is 2.69. The van der Waals surface area contributed by atoms with E-state index >= 15 is 0 Å². The van der Waals surface area contributed by atoms with Crippen LogP contribution in [0.5, 0.6) is 0 Å². The van der Waals surface area contributed by atoms with Gasteiger partial charge in [-0.3, -0.25) is 20.2 Å². The average Bonchev–Trinajstić information content (AvgIpc) is 3.46. The minimum atomic E-state index is -0.879. The molecule has 2 aromatic rings. The summed E-state index contributed by atoms with van der Waals surface area (Å²) in [6.45, 7) is 0.148. The Morgan fingerprint density at radius 1 is 1.12 bits per heavy atom. The summed E-state index contributed by atoms with van der Waals surface area (Å²) in [5.74, 6) is -0.116. The van der Waals surface area contributed by atoms with E-state index in [1.165, 1.54) is 24.3 Å². The van der Waals surface area contributed by atoms with Crippen molar-refractivity contribution in [1.82, 2.24) is 10.6 Å². The molecule has 3 rings (SSSR count). The molecule has 1 amide bonds. The van der Waals surface area contributed by atoms with Crippen molar-refractivity contribution in [2.75, 3.05) is 6.54 Å². The summed E-state index contributed by atoms with van der Waals surface area (Å²) in [6, 6.07) is 14.8. The first-order chi connectivity index (χ1) is 12.5. The molecule has 1 aliphatic rings. The Morgan fingerprint density at radius 3 is 2.35 bits per heavy atom. The van der Waals surface area contributed by atoms with Crippen molar-refractivity contribution < 1.29 is 14.8 Å². The van der Waals surface area contributed by atoms with Crippen LogP contribution in [0.15, 0.2) is 54.6 Å². The van der Waals surface area contributed by atoms with Crippen LogP contribution in [0.25, 0.3) is 0 Å². The number of aliphatic hydroxyl groups is 1. The number of nitrogens with zero attached hydrogens (tertiary/aromatic N) is 1. The molecule has 1 saturated carbocycles. The van der Waals surface area contributed by atoms with Gasteiger partial charge in [0.05, 0.1) is 11.0 Å². The van der Waals surface area contributed by atoms with Gasteiger partial charge in [-0.2, -0.15) is 0 Å². The second kappa shape index (κ2) is 8.07. The van der Waals surface area contributed by atoms with Gasteiger partial charge in [0.25, 0.3) is 5.69 Å². The highest BCUT2D eigenvalue weighted by Crippen LogP contribution is 2.22. The largest absolute Gasteiger partial charge is 0.387 e. The van der Waals surface area contributed by atoms with Gasteiger partial charge in [0.2, 0.25) is 5.91 Å². The lowest BCUT2D eigenvalue weighted by atomic mass is 10.0. The van der Waals surface area contributed by atoms with E-state index in [4.69, 9.17) is 0 Å². The van der Waals surface area contributed by atoms with E-state index < -0.39 is 17.1 Å². The van der Waals surface area contributed by atoms with E-state index in [-0.39, 0.29) is 24.2 Å². The zero-order valence-electron chi connectivity index (χ0n) is 14.2. The molecular formula is C19H21N3O4. The van der Waals surface area contributed by atoms with Crippen LogP contribution < -0.4 is 10.6 Å². The van der Waals surface area contributed by atoms with E-state index in [0.717, 1.165) is 18.4 Å². The van der Waals surface area contributed by atoms with Gasteiger partial charge in [0.15, 0.2) is 0 Å². The van der Waals surface area contributed by atoms with Gasteiger partial charge in [-0.05, 0) is 36.1 Å². The van der Waals surface area contributed by atoms with Gasteiger partial charge in [-0.15, -0.1) is 0 Å². The lowest BCUT2D eigenvalue weighted by Gasteiger charge is -2.21. The number of nitrogens with one attached hydrogen (secondary N) is 2. The number of nitro benzene ring substituents is 1. The normalized spacial score (nSPS) is 15.9. The summed E-state index contributed by atoms with van der Waals surface area (Å²) in [4.78, 5) is 22.8. The van der Waals surface area contributed by atoms with Gasteiger partial charge >= 0.3 is 0 Å². The second-order valence-electron chi connectivity index (χ2n) is 6.40. The van der Waals surface area contributed by atoms with Gasteiger partial charge < -0.3 is 10.4 Å². The van der Waals surface area contributed by atoms with Crippen LogP contribution in [0, 0.1) is 10.1 Å². The topological polar surface area (TPSA) is 104 Å². The first kappa shape index (κ1) is 18.0. The molecule has 7 nitrogen and oxygen atoms in total. The smallest absolute Gasteiger partial charge is 0.269 e. The summed E-state index contributed by atoms with van der Waals surface area (Å²) in [5, 5.41) is 27.2. The Labute approximate surface area is 151 Å². The SMILES string of the molecule is O=C(NC1CC1)[C@H](NC[C@@H](O)c1ccc([N+](=O)[O-])cc1)c1ccccc1. The number of hydrogen-bond acceptors (Lipinski definition) is 5. The fourth-order valence-electron chi connectivity index (χ4n) is 2.69. The Bertz CT molecular complexity index is 760. The third-order valence-electron chi connectivity index (χ3n) is 4.32. The summed E-state index contributed by atoms with van der Waals surface area (Å²) in [7, 11) is 0. The van der Waals surface area contributed by atoms with Crippen LogP contribution in [0.4, 0.5) is 5.69 Å². The maximum atomic E-state index is 12.5.